The van der Waals surface area contributed by atoms with Crippen molar-refractivity contribution in [2.75, 3.05) is 0 Å². The summed E-state index contributed by atoms with van der Waals surface area (Å²) in [6.45, 7) is 0. The van der Waals surface area contributed by atoms with Crippen molar-refractivity contribution >= 4 is 38.6 Å². The molecule has 112 valence electrons. The van der Waals surface area contributed by atoms with Gasteiger partial charge in [0.25, 0.3) is 5.24 Å². The highest BCUT2D eigenvalue weighted by molar-refractivity contribution is 6.68. The van der Waals surface area contributed by atoms with E-state index in [-0.39, 0.29) is 5.82 Å². The predicted octanol–water partition coefficient (Wildman–Crippen LogP) is 4.70. The van der Waals surface area contributed by atoms with Crippen LogP contribution >= 0.6 is 11.6 Å². The summed E-state index contributed by atoms with van der Waals surface area (Å²) in [5, 5.41) is 0.954. The summed E-state index contributed by atoms with van der Waals surface area (Å²) in [7, 11) is 0. The molecule has 5 heteroatoms. The number of hydrogen-bond acceptors (Lipinski definition) is 2. The van der Waals surface area contributed by atoms with Crippen LogP contribution in [-0.4, -0.2) is 14.8 Å². The largest absolute Gasteiger partial charge is 0.315 e. The summed E-state index contributed by atoms with van der Waals surface area (Å²) < 4.78 is 15.5. The standard InChI is InChI=1S/C18H10ClFN2O/c19-18(23)14-10-22(17-9-11(20)5-6-12(14)17)16-7-8-21-15-4-2-1-3-13(15)16/h1-10H. The number of rotatable bonds is 2. The maximum absolute atomic E-state index is 13.7. The first-order valence-electron chi connectivity index (χ1n) is 7.00. The highest BCUT2D eigenvalue weighted by Crippen LogP contribution is 2.29. The zero-order chi connectivity index (χ0) is 16.0. The maximum Gasteiger partial charge on any atom is 0.254 e. The van der Waals surface area contributed by atoms with Crippen LogP contribution in [0.3, 0.4) is 0 Å². The van der Waals surface area contributed by atoms with E-state index < -0.39 is 5.24 Å². The van der Waals surface area contributed by atoms with Crippen LogP contribution in [0, 0.1) is 5.82 Å². The van der Waals surface area contributed by atoms with Crippen molar-refractivity contribution in [1.29, 1.82) is 0 Å². The minimum atomic E-state index is -0.571. The molecule has 0 fully saturated rings. The van der Waals surface area contributed by atoms with Crippen molar-refractivity contribution in [2.24, 2.45) is 0 Å². The molecule has 0 radical (unpaired) electrons. The Hall–Kier alpha value is -2.72. The van der Waals surface area contributed by atoms with E-state index >= 15 is 0 Å². The monoisotopic (exact) mass is 324 g/mol. The molecule has 0 aliphatic carbocycles. The lowest BCUT2D eigenvalue weighted by atomic mass is 10.1. The average Bonchev–Trinajstić information content (AvgIpc) is 2.93. The molecule has 0 bridgehead atoms. The van der Waals surface area contributed by atoms with Crippen molar-refractivity contribution in [1.82, 2.24) is 9.55 Å². The fourth-order valence-electron chi connectivity index (χ4n) is 2.85. The van der Waals surface area contributed by atoms with Crippen molar-refractivity contribution < 1.29 is 9.18 Å². The zero-order valence-electron chi connectivity index (χ0n) is 11.8. The Morgan fingerprint density at radius 3 is 2.74 bits per heavy atom. The van der Waals surface area contributed by atoms with E-state index in [1.165, 1.54) is 12.1 Å². The number of carbonyl (C=O) groups excluding carboxylic acids is 1. The van der Waals surface area contributed by atoms with E-state index in [0.29, 0.717) is 16.5 Å². The molecule has 4 aromatic rings. The number of pyridine rings is 1. The highest BCUT2D eigenvalue weighted by Gasteiger charge is 2.16. The van der Waals surface area contributed by atoms with Gasteiger partial charge < -0.3 is 4.57 Å². The Kier molecular flexibility index (Phi) is 3.13. The molecule has 0 atom stereocenters. The first kappa shape index (κ1) is 13.9. The molecule has 0 aliphatic rings. The SMILES string of the molecule is O=C(Cl)c1cn(-c2ccnc3ccccc23)c2cc(F)ccc12. The summed E-state index contributed by atoms with van der Waals surface area (Å²) >= 11 is 5.68. The van der Waals surface area contributed by atoms with Gasteiger partial charge in [-0.05, 0) is 41.9 Å². The van der Waals surface area contributed by atoms with Crippen molar-refractivity contribution in [3.05, 3.63) is 72.3 Å². The Labute approximate surface area is 135 Å². The first-order valence-corrected chi connectivity index (χ1v) is 7.37. The van der Waals surface area contributed by atoms with E-state index in [2.05, 4.69) is 4.98 Å². The minimum Gasteiger partial charge on any atom is -0.315 e. The van der Waals surface area contributed by atoms with Gasteiger partial charge in [-0.25, -0.2) is 4.39 Å². The number of halogens is 2. The maximum atomic E-state index is 13.7. The molecule has 0 unspecified atom stereocenters. The third-order valence-corrected chi connectivity index (χ3v) is 4.07. The molecule has 0 spiro atoms. The molecule has 2 heterocycles. The Balaban J connectivity index is 2.12. The van der Waals surface area contributed by atoms with Crippen LogP contribution in [0.5, 0.6) is 0 Å². The molecule has 23 heavy (non-hydrogen) atoms. The van der Waals surface area contributed by atoms with E-state index in [0.717, 1.165) is 16.6 Å². The van der Waals surface area contributed by atoms with Gasteiger partial charge in [0.2, 0.25) is 0 Å². The number of aromatic nitrogens is 2. The lowest BCUT2D eigenvalue weighted by Gasteiger charge is -2.09. The fourth-order valence-corrected chi connectivity index (χ4v) is 3.00. The number of nitrogens with zero attached hydrogens (tertiary/aromatic N) is 2. The zero-order valence-corrected chi connectivity index (χ0v) is 12.6. The second-order valence-corrected chi connectivity index (χ2v) is 5.54. The molecule has 0 N–H and O–H groups in total. The molecule has 2 aromatic carbocycles. The Morgan fingerprint density at radius 2 is 1.91 bits per heavy atom. The fraction of sp³-hybridized carbons (Fsp3) is 0. The number of benzene rings is 2. The van der Waals surface area contributed by atoms with Crippen molar-refractivity contribution in [3.8, 4) is 5.69 Å². The summed E-state index contributed by atoms with van der Waals surface area (Å²) in [5.74, 6) is -0.371. The summed E-state index contributed by atoms with van der Waals surface area (Å²) in [6.07, 6.45) is 3.33. The summed E-state index contributed by atoms with van der Waals surface area (Å²) in [4.78, 5) is 16.0. The van der Waals surface area contributed by atoms with Crippen LogP contribution in [0.1, 0.15) is 10.4 Å². The van der Waals surface area contributed by atoms with E-state index in [4.69, 9.17) is 11.6 Å². The summed E-state index contributed by atoms with van der Waals surface area (Å²) in [5.41, 5.74) is 2.57. The van der Waals surface area contributed by atoms with Crippen LogP contribution in [0.4, 0.5) is 4.39 Å². The first-order chi connectivity index (χ1) is 11.1. The van der Waals surface area contributed by atoms with Gasteiger partial charge in [-0.3, -0.25) is 9.78 Å². The van der Waals surface area contributed by atoms with Crippen LogP contribution in [0.25, 0.3) is 27.5 Å². The van der Waals surface area contributed by atoms with Gasteiger partial charge >= 0.3 is 0 Å². The molecule has 0 saturated heterocycles. The molecule has 4 rings (SSSR count). The van der Waals surface area contributed by atoms with Crippen LogP contribution in [0.15, 0.2) is 60.9 Å². The second kappa shape index (κ2) is 5.18. The molecular formula is C18H10ClFN2O. The lowest BCUT2D eigenvalue weighted by Crippen LogP contribution is -1.95. The van der Waals surface area contributed by atoms with Gasteiger partial charge in [-0.15, -0.1) is 0 Å². The van der Waals surface area contributed by atoms with Crippen LogP contribution in [0.2, 0.25) is 0 Å². The van der Waals surface area contributed by atoms with E-state index in [1.54, 1.807) is 23.0 Å². The van der Waals surface area contributed by atoms with Crippen LogP contribution in [-0.2, 0) is 0 Å². The number of carbonyl (C=O) groups is 1. The Bertz CT molecular complexity index is 1070. The highest BCUT2D eigenvalue weighted by atomic mass is 35.5. The number of para-hydroxylation sites is 1. The van der Waals surface area contributed by atoms with E-state index in [1.807, 2.05) is 30.3 Å². The van der Waals surface area contributed by atoms with Crippen molar-refractivity contribution in [2.45, 2.75) is 0 Å². The van der Waals surface area contributed by atoms with E-state index in [9.17, 15) is 9.18 Å². The second-order valence-electron chi connectivity index (χ2n) is 5.20. The third kappa shape index (κ3) is 2.19. The van der Waals surface area contributed by atoms with Gasteiger partial charge in [0.1, 0.15) is 5.82 Å². The van der Waals surface area contributed by atoms with Gasteiger partial charge in [-0.1, -0.05) is 18.2 Å². The molecule has 2 aromatic heterocycles. The number of hydrogen-bond donors (Lipinski definition) is 0. The minimum absolute atomic E-state index is 0.350. The predicted molar refractivity (Wildman–Crippen MR) is 88.7 cm³/mol. The van der Waals surface area contributed by atoms with Gasteiger partial charge in [0.15, 0.2) is 0 Å². The molecule has 3 nitrogen and oxygen atoms in total. The molecular weight excluding hydrogens is 315 g/mol. The van der Waals surface area contributed by atoms with Gasteiger partial charge in [0.05, 0.1) is 22.3 Å². The molecule has 0 amide bonds. The van der Waals surface area contributed by atoms with Gasteiger partial charge in [0, 0.05) is 23.2 Å². The smallest absolute Gasteiger partial charge is 0.254 e. The summed E-state index contributed by atoms with van der Waals surface area (Å²) in [6, 6.07) is 13.8. The number of fused-ring (bicyclic) bond motifs is 2. The lowest BCUT2D eigenvalue weighted by molar-refractivity contribution is 0.108. The topological polar surface area (TPSA) is 34.9 Å². The quantitative estimate of drug-likeness (QED) is 0.501. The van der Waals surface area contributed by atoms with Crippen molar-refractivity contribution in [3.63, 3.8) is 0 Å². The average molecular weight is 325 g/mol. The Morgan fingerprint density at radius 1 is 1.09 bits per heavy atom. The van der Waals surface area contributed by atoms with Crippen LogP contribution < -0.4 is 0 Å². The third-order valence-electron chi connectivity index (χ3n) is 3.87. The normalized spacial score (nSPS) is 11.2. The molecule has 0 saturated carbocycles. The van der Waals surface area contributed by atoms with Gasteiger partial charge in [-0.2, -0.15) is 0 Å². The molecule has 0 aliphatic heterocycles.